The average molecular weight is 285 g/mol. The molecular weight excluding hydrogens is 262 g/mol. The Kier molecular flexibility index (Phi) is 4.56. The number of hydrogen-bond donors (Lipinski definition) is 0. The van der Waals surface area contributed by atoms with Crippen molar-refractivity contribution in [2.24, 2.45) is 0 Å². The van der Waals surface area contributed by atoms with Crippen LogP contribution in [-0.4, -0.2) is 21.3 Å². The van der Waals surface area contributed by atoms with E-state index in [1.165, 1.54) is 18.4 Å². The number of benzene rings is 1. The van der Waals surface area contributed by atoms with Gasteiger partial charge in [0.2, 0.25) is 0 Å². The molecular formula is C17H23N3O. The number of nitrogens with zero attached hydrogens (tertiary/aromatic N) is 3. The monoisotopic (exact) mass is 285 g/mol. The predicted molar refractivity (Wildman–Crippen MR) is 84.1 cm³/mol. The standard InChI is InChI=1S/C17H23N3O/c1-5-6-7-13-8-10-14(11-9-13)20-16(17(2,3)4)15(12-21)18-19-20/h8-12H,5-7H2,1-4H3. The third-order valence-electron chi connectivity index (χ3n) is 3.52. The van der Waals surface area contributed by atoms with Gasteiger partial charge in [0.1, 0.15) is 5.69 Å². The Hall–Kier alpha value is -1.97. The van der Waals surface area contributed by atoms with E-state index in [0.717, 1.165) is 24.1 Å². The number of rotatable bonds is 5. The quantitative estimate of drug-likeness (QED) is 0.787. The van der Waals surface area contributed by atoms with Crippen LogP contribution in [0.5, 0.6) is 0 Å². The molecule has 0 fully saturated rings. The SMILES string of the molecule is CCCCc1ccc(-n2nnc(C=O)c2C(C)(C)C)cc1. The van der Waals surface area contributed by atoms with E-state index >= 15 is 0 Å². The third-order valence-corrected chi connectivity index (χ3v) is 3.52. The van der Waals surface area contributed by atoms with Gasteiger partial charge >= 0.3 is 0 Å². The highest BCUT2D eigenvalue weighted by Gasteiger charge is 2.25. The van der Waals surface area contributed by atoms with Crippen LogP contribution >= 0.6 is 0 Å². The maximum absolute atomic E-state index is 11.2. The summed E-state index contributed by atoms with van der Waals surface area (Å²) in [5.74, 6) is 0. The zero-order chi connectivity index (χ0) is 15.5. The number of aryl methyl sites for hydroxylation is 1. The molecule has 0 atom stereocenters. The van der Waals surface area contributed by atoms with Crippen molar-refractivity contribution in [2.75, 3.05) is 0 Å². The van der Waals surface area contributed by atoms with Crippen molar-refractivity contribution in [1.82, 2.24) is 15.0 Å². The van der Waals surface area contributed by atoms with Crippen molar-refractivity contribution in [3.05, 3.63) is 41.2 Å². The largest absolute Gasteiger partial charge is 0.296 e. The number of hydrogen-bond acceptors (Lipinski definition) is 3. The van der Waals surface area contributed by atoms with Gasteiger partial charge in [-0.05, 0) is 30.5 Å². The van der Waals surface area contributed by atoms with E-state index in [-0.39, 0.29) is 5.41 Å². The molecule has 112 valence electrons. The normalized spacial score (nSPS) is 11.6. The Bertz CT molecular complexity index is 606. The van der Waals surface area contributed by atoms with Crippen molar-refractivity contribution >= 4 is 6.29 Å². The first-order chi connectivity index (χ1) is 9.97. The molecule has 0 aliphatic heterocycles. The molecule has 0 saturated carbocycles. The van der Waals surface area contributed by atoms with E-state index in [4.69, 9.17) is 0 Å². The molecule has 4 heteroatoms. The fourth-order valence-corrected chi connectivity index (χ4v) is 2.44. The third kappa shape index (κ3) is 3.38. The fraction of sp³-hybridized carbons (Fsp3) is 0.471. The number of carbonyl (C=O) groups is 1. The summed E-state index contributed by atoms with van der Waals surface area (Å²) in [6, 6.07) is 8.34. The molecule has 4 nitrogen and oxygen atoms in total. The molecule has 0 spiro atoms. The van der Waals surface area contributed by atoms with E-state index < -0.39 is 0 Å². The Morgan fingerprint density at radius 2 is 1.86 bits per heavy atom. The van der Waals surface area contributed by atoms with Crippen molar-refractivity contribution in [2.45, 2.75) is 52.4 Å². The van der Waals surface area contributed by atoms with Crippen LogP contribution in [0.1, 0.15) is 62.3 Å². The highest BCUT2D eigenvalue weighted by Crippen LogP contribution is 2.26. The van der Waals surface area contributed by atoms with Crippen LogP contribution in [0, 0.1) is 0 Å². The van der Waals surface area contributed by atoms with E-state index in [1.807, 2.05) is 12.1 Å². The van der Waals surface area contributed by atoms with Gasteiger partial charge in [0.05, 0.1) is 11.4 Å². The summed E-state index contributed by atoms with van der Waals surface area (Å²) < 4.78 is 1.77. The smallest absolute Gasteiger partial charge is 0.172 e. The summed E-state index contributed by atoms with van der Waals surface area (Å²) in [7, 11) is 0. The van der Waals surface area contributed by atoms with E-state index in [0.29, 0.717) is 5.69 Å². The van der Waals surface area contributed by atoms with Crippen LogP contribution < -0.4 is 0 Å². The first-order valence-electron chi connectivity index (χ1n) is 7.48. The van der Waals surface area contributed by atoms with Crippen molar-refractivity contribution in [3.63, 3.8) is 0 Å². The van der Waals surface area contributed by atoms with Crippen LogP contribution in [-0.2, 0) is 11.8 Å². The highest BCUT2D eigenvalue weighted by molar-refractivity contribution is 5.74. The molecule has 0 aliphatic carbocycles. The average Bonchev–Trinajstić information content (AvgIpc) is 2.89. The first-order valence-corrected chi connectivity index (χ1v) is 7.48. The minimum absolute atomic E-state index is 0.194. The maximum Gasteiger partial charge on any atom is 0.172 e. The summed E-state index contributed by atoms with van der Waals surface area (Å²) in [6.45, 7) is 8.38. The molecule has 1 heterocycles. The highest BCUT2D eigenvalue weighted by atomic mass is 16.1. The fourth-order valence-electron chi connectivity index (χ4n) is 2.44. The summed E-state index contributed by atoms with van der Waals surface area (Å²) in [5.41, 5.74) is 3.34. The van der Waals surface area contributed by atoms with Crippen molar-refractivity contribution in [3.8, 4) is 5.69 Å². The van der Waals surface area contributed by atoms with Gasteiger partial charge in [0.15, 0.2) is 6.29 Å². The minimum atomic E-state index is -0.194. The summed E-state index contributed by atoms with van der Waals surface area (Å²) in [5, 5.41) is 8.15. The minimum Gasteiger partial charge on any atom is -0.296 e. The lowest BCUT2D eigenvalue weighted by molar-refractivity contribution is 0.111. The topological polar surface area (TPSA) is 47.8 Å². The second kappa shape index (κ2) is 6.20. The Morgan fingerprint density at radius 3 is 2.38 bits per heavy atom. The lowest BCUT2D eigenvalue weighted by atomic mass is 9.90. The summed E-state index contributed by atoms with van der Waals surface area (Å²) in [6.07, 6.45) is 4.27. The van der Waals surface area contributed by atoms with E-state index in [9.17, 15) is 4.79 Å². The number of carbonyl (C=O) groups excluding carboxylic acids is 1. The summed E-state index contributed by atoms with van der Waals surface area (Å²) in [4.78, 5) is 11.2. The van der Waals surface area contributed by atoms with Crippen LogP contribution in [0.4, 0.5) is 0 Å². The Morgan fingerprint density at radius 1 is 1.19 bits per heavy atom. The molecule has 0 amide bonds. The van der Waals surface area contributed by atoms with E-state index in [2.05, 4.69) is 50.1 Å². The molecule has 0 N–H and O–H groups in total. The van der Waals surface area contributed by atoms with Crippen LogP contribution in [0.25, 0.3) is 5.69 Å². The zero-order valence-corrected chi connectivity index (χ0v) is 13.3. The molecule has 0 saturated heterocycles. The molecule has 0 unspecified atom stereocenters. The molecule has 0 bridgehead atoms. The van der Waals surface area contributed by atoms with E-state index in [1.54, 1.807) is 4.68 Å². The van der Waals surface area contributed by atoms with Crippen LogP contribution in [0.3, 0.4) is 0 Å². The molecule has 0 radical (unpaired) electrons. The molecule has 2 rings (SSSR count). The number of aldehydes is 1. The van der Waals surface area contributed by atoms with Gasteiger partial charge in [-0.2, -0.15) is 0 Å². The van der Waals surface area contributed by atoms with Gasteiger partial charge in [0.25, 0.3) is 0 Å². The lowest BCUT2D eigenvalue weighted by Crippen LogP contribution is -2.19. The molecule has 0 aliphatic rings. The van der Waals surface area contributed by atoms with Gasteiger partial charge in [0, 0.05) is 5.41 Å². The second-order valence-corrected chi connectivity index (χ2v) is 6.37. The molecule has 21 heavy (non-hydrogen) atoms. The number of unbranched alkanes of at least 4 members (excludes halogenated alkanes) is 1. The van der Waals surface area contributed by atoms with Gasteiger partial charge in [-0.1, -0.05) is 51.5 Å². The Balaban J connectivity index is 2.38. The summed E-state index contributed by atoms with van der Waals surface area (Å²) >= 11 is 0. The van der Waals surface area contributed by atoms with Gasteiger partial charge in [-0.15, -0.1) is 5.10 Å². The van der Waals surface area contributed by atoms with Gasteiger partial charge < -0.3 is 0 Å². The van der Waals surface area contributed by atoms with Crippen molar-refractivity contribution in [1.29, 1.82) is 0 Å². The van der Waals surface area contributed by atoms with Crippen LogP contribution in [0.15, 0.2) is 24.3 Å². The number of aromatic nitrogens is 3. The van der Waals surface area contributed by atoms with Crippen molar-refractivity contribution < 1.29 is 4.79 Å². The molecule has 1 aromatic heterocycles. The lowest BCUT2D eigenvalue weighted by Gasteiger charge is -2.20. The second-order valence-electron chi connectivity index (χ2n) is 6.37. The van der Waals surface area contributed by atoms with Crippen LogP contribution in [0.2, 0.25) is 0 Å². The predicted octanol–water partition coefficient (Wildman–Crippen LogP) is 3.72. The van der Waals surface area contributed by atoms with Gasteiger partial charge in [-0.25, -0.2) is 4.68 Å². The maximum atomic E-state index is 11.2. The zero-order valence-electron chi connectivity index (χ0n) is 13.3. The van der Waals surface area contributed by atoms with Gasteiger partial charge in [-0.3, -0.25) is 4.79 Å². The molecule has 2 aromatic rings. The molecule has 1 aromatic carbocycles. The first kappa shape index (κ1) is 15.4. The Labute approximate surface area is 126 Å².